The SMILES string of the molecule is CC[C@@H](NC(=O)[C@@H](N)CS)C(=O)N[C@@H](Cc1c[nH]cn1)C(=O)O. The summed E-state index contributed by atoms with van der Waals surface area (Å²) in [5.41, 5.74) is 6.04. The fourth-order valence-corrected chi connectivity index (χ4v) is 1.96. The summed E-state index contributed by atoms with van der Waals surface area (Å²) in [5, 5.41) is 14.1. The monoisotopic (exact) mass is 343 g/mol. The Balaban J connectivity index is 2.68. The first-order valence-electron chi connectivity index (χ1n) is 7.06. The summed E-state index contributed by atoms with van der Waals surface area (Å²) >= 11 is 3.92. The van der Waals surface area contributed by atoms with Crippen LogP contribution in [0, 0.1) is 0 Å². The number of nitrogens with zero attached hydrogens (tertiary/aromatic N) is 1. The zero-order chi connectivity index (χ0) is 17.4. The van der Waals surface area contributed by atoms with Crippen LogP contribution in [0.2, 0.25) is 0 Å². The van der Waals surface area contributed by atoms with E-state index in [9.17, 15) is 19.5 Å². The van der Waals surface area contributed by atoms with Crippen molar-refractivity contribution in [1.29, 1.82) is 0 Å². The van der Waals surface area contributed by atoms with E-state index in [0.29, 0.717) is 12.1 Å². The highest BCUT2D eigenvalue weighted by Crippen LogP contribution is 2.01. The maximum absolute atomic E-state index is 12.2. The van der Waals surface area contributed by atoms with E-state index in [1.807, 2.05) is 0 Å². The Morgan fingerprint density at radius 2 is 2.00 bits per heavy atom. The molecule has 0 saturated carbocycles. The van der Waals surface area contributed by atoms with Gasteiger partial charge in [0.15, 0.2) is 0 Å². The third-order valence-electron chi connectivity index (χ3n) is 3.16. The van der Waals surface area contributed by atoms with E-state index in [-0.39, 0.29) is 12.2 Å². The summed E-state index contributed by atoms with van der Waals surface area (Å²) in [4.78, 5) is 41.8. The number of nitrogens with two attached hydrogens (primary N) is 1. The molecule has 6 N–H and O–H groups in total. The van der Waals surface area contributed by atoms with Crippen LogP contribution in [-0.4, -0.2) is 56.7 Å². The summed E-state index contributed by atoms with van der Waals surface area (Å²) in [5.74, 6) is -2.15. The second-order valence-corrected chi connectivity index (χ2v) is 5.29. The van der Waals surface area contributed by atoms with Crippen LogP contribution in [0.5, 0.6) is 0 Å². The van der Waals surface area contributed by atoms with E-state index >= 15 is 0 Å². The lowest BCUT2D eigenvalue weighted by molar-refractivity contribution is -0.142. The largest absolute Gasteiger partial charge is 0.480 e. The van der Waals surface area contributed by atoms with Crippen LogP contribution in [0.25, 0.3) is 0 Å². The molecule has 1 rings (SSSR count). The summed E-state index contributed by atoms with van der Waals surface area (Å²) in [6, 6.07) is -2.84. The molecule has 0 aliphatic carbocycles. The first kappa shape index (κ1) is 19.0. The molecule has 1 aromatic heterocycles. The minimum absolute atomic E-state index is 0.0328. The van der Waals surface area contributed by atoms with Gasteiger partial charge in [0.05, 0.1) is 18.1 Å². The van der Waals surface area contributed by atoms with Crippen molar-refractivity contribution in [3.63, 3.8) is 0 Å². The molecule has 0 spiro atoms. The van der Waals surface area contributed by atoms with Crippen LogP contribution in [0.4, 0.5) is 0 Å². The third kappa shape index (κ3) is 5.91. The van der Waals surface area contributed by atoms with E-state index in [1.165, 1.54) is 6.33 Å². The zero-order valence-corrected chi connectivity index (χ0v) is 13.5. The van der Waals surface area contributed by atoms with Gasteiger partial charge in [0, 0.05) is 18.4 Å². The van der Waals surface area contributed by atoms with E-state index in [0.717, 1.165) is 0 Å². The summed E-state index contributed by atoms with van der Waals surface area (Å²) in [6.07, 6.45) is 3.30. The highest BCUT2D eigenvalue weighted by Gasteiger charge is 2.27. The average Bonchev–Trinajstić information content (AvgIpc) is 3.03. The molecule has 9 nitrogen and oxygen atoms in total. The van der Waals surface area contributed by atoms with Crippen molar-refractivity contribution in [3.8, 4) is 0 Å². The molecule has 0 aliphatic rings. The number of aromatic amines is 1. The van der Waals surface area contributed by atoms with Gasteiger partial charge in [-0.2, -0.15) is 12.6 Å². The third-order valence-corrected chi connectivity index (χ3v) is 3.55. The second-order valence-electron chi connectivity index (χ2n) is 4.92. The number of carboxylic acid groups (broad SMARTS) is 1. The number of carbonyl (C=O) groups excluding carboxylic acids is 2. The number of aromatic nitrogens is 2. The molecule has 0 saturated heterocycles. The summed E-state index contributed by atoms with van der Waals surface area (Å²) in [6.45, 7) is 1.69. The van der Waals surface area contributed by atoms with Crippen molar-refractivity contribution in [2.24, 2.45) is 5.73 Å². The average molecular weight is 343 g/mol. The van der Waals surface area contributed by atoms with Gasteiger partial charge in [0.2, 0.25) is 11.8 Å². The molecule has 0 radical (unpaired) electrons. The van der Waals surface area contributed by atoms with Crippen molar-refractivity contribution in [2.75, 3.05) is 5.75 Å². The van der Waals surface area contributed by atoms with Gasteiger partial charge >= 0.3 is 5.97 Å². The molecule has 0 aliphatic heterocycles. The molecular formula is C13H21N5O4S. The topological polar surface area (TPSA) is 150 Å². The number of thiol groups is 1. The minimum Gasteiger partial charge on any atom is -0.480 e. The predicted octanol–water partition coefficient (Wildman–Crippen LogP) is -1.33. The Morgan fingerprint density at radius 1 is 1.35 bits per heavy atom. The number of hydrogen-bond donors (Lipinski definition) is 6. The second kappa shape index (κ2) is 9.16. The van der Waals surface area contributed by atoms with Gasteiger partial charge in [-0.1, -0.05) is 6.92 Å². The molecule has 3 atom stereocenters. The summed E-state index contributed by atoms with van der Waals surface area (Å²) in [7, 11) is 0. The number of H-pyrrole nitrogens is 1. The van der Waals surface area contributed by atoms with Crippen molar-refractivity contribution in [2.45, 2.75) is 37.9 Å². The first-order valence-corrected chi connectivity index (χ1v) is 7.69. The Morgan fingerprint density at radius 3 is 2.48 bits per heavy atom. The van der Waals surface area contributed by atoms with E-state index in [1.54, 1.807) is 13.1 Å². The maximum atomic E-state index is 12.2. The molecule has 0 unspecified atom stereocenters. The molecule has 0 fully saturated rings. The summed E-state index contributed by atoms with van der Waals surface area (Å²) < 4.78 is 0. The van der Waals surface area contributed by atoms with E-state index < -0.39 is 35.9 Å². The maximum Gasteiger partial charge on any atom is 0.326 e. The normalized spacial score (nSPS) is 14.6. The van der Waals surface area contributed by atoms with Crippen molar-refractivity contribution in [3.05, 3.63) is 18.2 Å². The molecule has 1 heterocycles. The molecule has 0 bridgehead atoms. The Bertz CT molecular complexity index is 536. The Kier molecular flexibility index (Phi) is 7.55. The van der Waals surface area contributed by atoms with Gasteiger partial charge in [-0.05, 0) is 6.42 Å². The quantitative estimate of drug-likeness (QED) is 0.306. The van der Waals surface area contributed by atoms with Crippen LogP contribution in [0.3, 0.4) is 0 Å². The van der Waals surface area contributed by atoms with Gasteiger partial charge in [0.1, 0.15) is 12.1 Å². The Hall–Kier alpha value is -2.07. The van der Waals surface area contributed by atoms with E-state index in [2.05, 4.69) is 33.2 Å². The number of aliphatic carboxylic acids is 1. The Labute approximate surface area is 138 Å². The van der Waals surface area contributed by atoms with Crippen LogP contribution < -0.4 is 16.4 Å². The predicted molar refractivity (Wildman–Crippen MR) is 85.9 cm³/mol. The number of rotatable bonds is 9. The standard InChI is InChI=1S/C13H21N5O4S/c1-2-9(17-11(19)8(14)5-23)12(20)18-10(13(21)22)3-7-4-15-6-16-7/h4,6,8-10,23H,2-3,5,14H2,1H3,(H,15,16)(H,17,19)(H,18,20)(H,21,22)/t8-,9+,10-/m0/s1. The molecule has 0 aromatic carbocycles. The first-order chi connectivity index (χ1) is 10.9. The van der Waals surface area contributed by atoms with Crippen LogP contribution >= 0.6 is 12.6 Å². The highest BCUT2D eigenvalue weighted by atomic mass is 32.1. The fourth-order valence-electron chi connectivity index (χ4n) is 1.80. The molecule has 23 heavy (non-hydrogen) atoms. The minimum atomic E-state index is -1.19. The number of carboxylic acids is 1. The lowest BCUT2D eigenvalue weighted by atomic mass is 10.1. The molecular weight excluding hydrogens is 322 g/mol. The number of hydrogen-bond acceptors (Lipinski definition) is 6. The molecule has 10 heteroatoms. The smallest absolute Gasteiger partial charge is 0.326 e. The highest BCUT2D eigenvalue weighted by molar-refractivity contribution is 7.80. The number of nitrogens with one attached hydrogen (secondary N) is 3. The van der Waals surface area contributed by atoms with Gasteiger partial charge in [-0.25, -0.2) is 9.78 Å². The van der Waals surface area contributed by atoms with Crippen molar-refractivity contribution in [1.82, 2.24) is 20.6 Å². The van der Waals surface area contributed by atoms with Crippen LogP contribution in [0.1, 0.15) is 19.0 Å². The zero-order valence-electron chi connectivity index (χ0n) is 12.7. The van der Waals surface area contributed by atoms with E-state index in [4.69, 9.17) is 5.73 Å². The van der Waals surface area contributed by atoms with Gasteiger partial charge in [-0.3, -0.25) is 9.59 Å². The van der Waals surface area contributed by atoms with Gasteiger partial charge < -0.3 is 26.5 Å². The molecule has 1 aromatic rings. The fraction of sp³-hybridized carbons (Fsp3) is 0.538. The molecule has 2 amide bonds. The number of carbonyl (C=O) groups is 3. The number of amides is 2. The van der Waals surface area contributed by atoms with Gasteiger partial charge in [0.25, 0.3) is 0 Å². The lowest BCUT2D eigenvalue weighted by Gasteiger charge is -2.21. The van der Waals surface area contributed by atoms with Crippen LogP contribution in [0.15, 0.2) is 12.5 Å². The molecule has 128 valence electrons. The lowest BCUT2D eigenvalue weighted by Crippen LogP contribution is -2.54. The van der Waals surface area contributed by atoms with Gasteiger partial charge in [-0.15, -0.1) is 0 Å². The van der Waals surface area contributed by atoms with Crippen molar-refractivity contribution >= 4 is 30.4 Å². The number of imidazole rings is 1. The van der Waals surface area contributed by atoms with Crippen LogP contribution in [-0.2, 0) is 20.8 Å². The van der Waals surface area contributed by atoms with Crippen molar-refractivity contribution < 1.29 is 19.5 Å².